The van der Waals surface area contributed by atoms with Gasteiger partial charge in [-0.3, -0.25) is 0 Å². The van der Waals surface area contributed by atoms with E-state index in [1.54, 1.807) is 15.9 Å². The van der Waals surface area contributed by atoms with Gasteiger partial charge in [0.2, 0.25) is 4.96 Å². The average Bonchev–Trinajstić information content (AvgIpc) is 3.17. The van der Waals surface area contributed by atoms with Crippen LogP contribution >= 0.6 is 11.3 Å². The molecular formula is C18H17N5S. The van der Waals surface area contributed by atoms with Crippen LogP contribution in [0.1, 0.15) is 17.0 Å². The maximum absolute atomic E-state index is 4.57. The molecule has 2 heterocycles. The lowest BCUT2D eigenvalue weighted by Crippen LogP contribution is -2.00. The van der Waals surface area contributed by atoms with E-state index in [4.69, 9.17) is 0 Å². The number of hydrogen-bond donors (Lipinski definition) is 1. The molecule has 4 rings (SSSR count). The zero-order valence-electron chi connectivity index (χ0n) is 13.5. The standard InChI is InChI=1S/C18H17N5S/c1-12-5-3-4-6-15(12)11-19-16-9-7-14(8-10-16)17-22-23-13(2)20-21-18(23)24-17/h3-10,19H,11H2,1-2H3. The van der Waals surface area contributed by atoms with Gasteiger partial charge in [-0.25, -0.2) is 0 Å². The van der Waals surface area contributed by atoms with Crippen LogP contribution < -0.4 is 5.32 Å². The molecule has 0 atom stereocenters. The summed E-state index contributed by atoms with van der Waals surface area (Å²) in [5, 5.41) is 17.1. The van der Waals surface area contributed by atoms with Crippen molar-refractivity contribution in [3.05, 3.63) is 65.5 Å². The Morgan fingerprint density at radius 3 is 2.54 bits per heavy atom. The van der Waals surface area contributed by atoms with Crippen LogP contribution in [0, 0.1) is 13.8 Å². The van der Waals surface area contributed by atoms with Crippen LogP contribution in [0.2, 0.25) is 0 Å². The molecule has 24 heavy (non-hydrogen) atoms. The molecule has 0 saturated heterocycles. The number of hydrogen-bond acceptors (Lipinski definition) is 5. The van der Waals surface area contributed by atoms with Gasteiger partial charge in [-0.15, -0.1) is 10.2 Å². The van der Waals surface area contributed by atoms with Crippen molar-refractivity contribution in [2.24, 2.45) is 0 Å². The fourth-order valence-corrected chi connectivity index (χ4v) is 3.46. The highest BCUT2D eigenvalue weighted by Gasteiger charge is 2.10. The summed E-state index contributed by atoms with van der Waals surface area (Å²) in [6, 6.07) is 16.8. The molecule has 0 spiro atoms. The molecule has 5 nitrogen and oxygen atoms in total. The first-order chi connectivity index (χ1) is 11.7. The highest BCUT2D eigenvalue weighted by atomic mass is 32.1. The molecule has 0 amide bonds. The Bertz CT molecular complexity index is 984. The second-order valence-corrected chi connectivity index (χ2v) is 6.66. The molecule has 0 bridgehead atoms. The SMILES string of the molecule is Cc1ccccc1CNc1ccc(-c2nn3c(C)nnc3s2)cc1. The number of rotatable bonds is 4. The molecule has 0 aliphatic heterocycles. The minimum Gasteiger partial charge on any atom is -0.381 e. The summed E-state index contributed by atoms with van der Waals surface area (Å²) in [7, 11) is 0. The Labute approximate surface area is 144 Å². The van der Waals surface area contributed by atoms with E-state index >= 15 is 0 Å². The summed E-state index contributed by atoms with van der Waals surface area (Å²) >= 11 is 1.55. The molecule has 1 N–H and O–H groups in total. The second kappa shape index (κ2) is 6.05. The van der Waals surface area contributed by atoms with Crippen molar-refractivity contribution in [1.29, 1.82) is 0 Å². The lowest BCUT2D eigenvalue weighted by atomic mass is 10.1. The summed E-state index contributed by atoms with van der Waals surface area (Å²) in [6.07, 6.45) is 0. The van der Waals surface area contributed by atoms with Crippen LogP contribution in [0.15, 0.2) is 48.5 Å². The predicted octanol–water partition coefficient (Wildman–Crippen LogP) is 4.08. The molecule has 2 aromatic carbocycles. The lowest BCUT2D eigenvalue weighted by molar-refractivity contribution is 0.898. The van der Waals surface area contributed by atoms with E-state index in [0.29, 0.717) is 0 Å². The smallest absolute Gasteiger partial charge is 0.234 e. The number of nitrogens with zero attached hydrogens (tertiary/aromatic N) is 4. The van der Waals surface area contributed by atoms with Gasteiger partial charge in [0.25, 0.3) is 0 Å². The van der Waals surface area contributed by atoms with Gasteiger partial charge in [0.15, 0.2) is 5.82 Å². The number of benzene rings is 2. The van der Waals surface area contributed by atoms with Crippen molar-refractivity contribution in [3.63, 3.8) is 0 Å². The van der Waals surface area contributed by atoms with E-state index in [1.165, 1.54) is 11.1 Å². The predicted molar refractivity (Wildman–Crippen MR) is 97.3 cm³/mol. The van der Waals surface area contributed by atoms with Gasteiger partial charge in [0.1, 0.15) is 5.01 Å². The fourth-order valence-electron chi connectivity index (χ4n) is 2.57. The summed E-state index contributed by atoms with van der Waals surface area (Å²) < 4.78 is 1.78. The molecule has 2 aromatic heterocycles. The molecule has 4 aromatic rings. The van der Waals surface area contributed by atoms with Crippen molar-refractivity contribution in [2.75, 3.05) is 5.32 Å². The van der Waals surface area contributed by atoms with E-state index in [9.17, 15) is 0 Å². The summed E-state index contributed by atoms with van der Waals surface area (Å²) in [5.74, 6) is 0.809. The first-order valence-electron chi connectivity index (χ1n) is 7.78. The average molecular weight is 335 g/mol. The van der Waals surface area contributed by atoms with Crippen molar-refractivity contribution >= 4 is 22.0 Å². The highest BCUT2D eigenvalue weighted by Crippen LogP contribution is 2.26. The molecule has 6 heteroatoms. The van der Waals surface area contributed by atoms with E-state index in [1.807, 2.05) is 6.92 Å². The Morgan fingerprint density at radius 2 is 1.79 bits per heavy atom. The molecule has 0 unspecified atom stereocenters. The topological polar surface area (TPSA) is 55.1 Å². The number of anilines is 1. The lowest BCUT2D eigenvalue weighted by Gasteiger charge is -2.09. The molecule has 120 valence electrons. The summed E-state index contributed by atoms with van der Waals surface area (Å²) in [4.78, 5) is 0.823. The van der Waals surface area contributed by atoms with Crippen LogP contribution in [-0.2, 0) is 6.54 Å². The monoisotopic (exact) mass is 335 g/mol. The first-order valence-corrected chi connectivity index (χ1v) is 8.60. The summed E-state index contributed by atoms with van der Waals surface area (Å²) in [5.41, 5.74) is 4.80. The maximum Gasteiger partial charge on any atom is 0.234 e. The van der Waals surface area contributed by atoms with Gasteiger partial charge >= 0.3 is 0 Å². The Balaban J connectivity index is 1.51. The fraction of sp³-hybridized carbons (Fsp3) is 0.167. The number of nitrogens with one attached hydrogen (secondary N) is 1. The van der Waals surface area contributed by atoms with Crippen molar-refractivity contribution in [3.8, 4) is 10.6 Å². The van der Waals surface area contributed by atoms with Crippen molar-refractivity contribution < 1.29 is 0 Å². The van der Waals surface area contributed by atoms with E-state index in [0.717, 1.165) is 33.6 Å². The van der Waals surface area contributed by atoms with Gasteiger partial charge in [0, 0.05) is 17.8 Å². The van der Waals surface area contributed by atoms with E-state index in [2.05, 4.69) is 76.1 Å². The van der Waals surface area contributed by atoms with Gasteiger partial charge in [-0.05, 0) is 49.2 Å². The van der Waals surface area contributed by atoms with Crippen LogP contribution in [-0.4, -0.2) is 19.8 Å². The van der Waals surface area contributed by atoms with E-state index < -0.39 is 0 Å². The maximum atomic E-state index is 4.57. The minimum absolute atomic E-state index is 0.809. The van der Waals surface area contributed by atoms with Crippen molar-refractivity contribution in [1.82, 2.24) is 19.8 Å². The molecular weight excluding hydrogens is 318 g/mol. The number of aromatic nitrogens is 4. The minimum atomic E-state index is 0.809. The zero-order valence-corrected chi connectivity index (χ0v) is 14.3. The van der Waals surface area contributed by atoms with Crippen LogP contribution in [0.25, 0.3) is 15.5 Å². The van der Waals surface area contributed by atoms with Gasteiger partial charge in [-0.1, -0.05) is 35.6 Å². The van der Waals surface area contributed by atoms with Crippen LogP contribution in [0.3, 0.4) is 0 Å². The van der Waals surface area contributed by atoms with Gasteiger partial charge in [0.05, 0.1) is 0 Å². The number of fused-ring (bicyclic) bond motifs is 1. The third-order valence-electron chi connectivity index (χ3n) is 4.02. The Hall–Kier alpha value is -2.73. The third-order valence-corrected chi connectivity index (χ3v) is 4.97. The molecule has 0 aliphatic rings. The van der Waals surface area contributed by atoms with Crippen molar-refractivity contribution in [2.45, 2.75) is 20.4 Å². The zero-order chi connectivity index (χ0) is 16.5. The Kier molecular flexibility index (Phi) is 3.74. The van der Waals surface area contributed by atoms with Crippen LogP contribution in [0.4, 0.5) is 5.69 Å². The summed E-state index contributed by atoms with van der Waals surface area (Å²) in [6.45, 7) is 4.86. The first kappa shape index (κ1) is 14.8. The Morgan fingerprint density at radius 1 is 1.00 bits per heavy atom. The molecule has 0 aliphatic carbocycles. The van der Waals surface area contributed by atoms with Gasteiger partial charge in [-0.2, -0.15) is 9.61 Å². The van der Waals surface area contributed by atoms with Crippen LogP contribution in [0.5, 0.6) is 0 Å². The molecule has 0 fully saturated rings. The normalized spacial score (nSPS) is 11.1. The number of aryl methyl sites for hydroxylation is 2. The van der Waals surface area contributed by atoms with E-state index in [-0.39, 0.29) is 0 Å². The quantitative estimate of drug-likeness (QED) is 0.610. The molecule has 0 saturated carbocycles. The highest BCUT2D eigenvalue weighted by molar-refractivity contribution is 7.19. The largest absolute Gasteiger partial charge is 0.381 e. The molecule has 0 radical (unpaired) electrons. The third kappa shape index (κ3) is 2.76. The van der Waals surface area contributed by atoms with Gasteiger partial charge < -0.3 is 5.32 Å². The second-order valence-electron chi connectivity index (χ2n) is 5.71.